The van der Waals surface area contributed by atoms with Crippen LogP contribution in [0.5, 0.6) is 5.75 Å². The van der Waals surface area contributed by atoms with E-state index in [4.69, 9.17) is 4.74 Å². The number of nitrogens with one attached hydrogen (secondary N) is 2. The number of hydrazone groups is 1. The number of benzene rings is 3. The Labute approximate surface area is 171 Å². The molecule has 3 aromatic carbocycles. The average molecular weight is 413 g/mol. The lowest BCUT2D eigenvalue weighted by molar-refractivity contribution is -0.137. The van der Waals surface area contributed by atoms with Gasteiger partial charge in [-0.3, -0.25) is 10.2 Å². The van der Waals surface area contributed by atoms with Gasteiger partial charge in [-0.2, -0.15) is 18.3 Å². The van der Waals surface area contributed by atoms with E-state index in [2.05, 4.69) is 15.8 Å². The van der Waals surface area contributed by atoms with Gasteiger partial charge in [-0.15, -0.1) is 0 Å². The van der Waals surface area contributed by atoms with Crippen molar-refractivity contribution in [3.8, 4) is 5.75 Å². The largest absolute Gasteiger partial charge is 0.484 e. The Bertz CT molecular complexity index is 987. The quantitative estimate of drug-likeness (QED) is 0.415. The van der Waals surface area contributed by atoms with Gasteiger partial charge in [0.2, 0.25) is 0 Å². The Morgan fingerprint density at radius 2 is 1.57 bits per heavy atom. The number of nitrogens with zero attached hydrogens (tertiary/aromatic N) is 1. The fourth-order valence-corrected chi connectivity index (χ4v) is 2.43. The van der Waals surface area contributed by atoms with Gasteiger partial charge in [0.05, 0.1) is 17.5 Å². The van der Waals surface area contributed by atoms with Crippen LogP contribution >= 0.6 is 0 Å². The van der Waals surface area contributed by atoms with E-state index in [0.29, 0.717) is 17.1 Å². The number of hydrogen-bond donors (Lipinski definition) is 2. The molecule has 0 radical (unpaired) electrons. The van der Waals surface area contributed by atoms with Crippen molar-refractivity contribution in [2.24, 2.45) is 5.10 Å². The molecule has 1 amide bonds. The van der Waals surface area contributed by atoms with Gasteiger partial charge in [0.15, 0.2) is 6.61 Å². The van der Waals surface area contributed by atoms with Crippen LogP contribution < -0.4 is 15.5 Å². The summed E-state index contributed by atoms with van der Waals surface area (Å²) in [5.74, 6) is 0.249. The predicted octanol–water partition coefficient (Wildman–Crippen LogP) is 5.17. The molecule has 154 valence electrons. The first-order valence-corrected chi connectivity index (χ1v) is 8.94. The third-order valence-corrected chi connectivity index (χ3v) is 3.93. The summed E-state index contributed by atoms with van der Waals surface area (Å²) in [7, 11) is 0. The van der Waals surface area contributed by atoms with Crippen molar-refractivity contribution >= 4 is 23.5 Å². The highest BCUT2D eigenvalue weighted by Crippen LogP contribution is 2.29. The van der Waals surface area contributed by atoms with E-state index in [1.54, 1.807) is 36.4 Å². The van der Waals surface area contributed by atoms with E-state index in [-0.39, 0.29) is 12.5 Å². The molecule has 3 aromatic rings. The standard InChI is InChI=1S/C22H18F3N3O2/c23-22(24,25)17-8-10-19(11-9-17)28-26-14-16-6-12-20(13-7-16)30-15-21(29)27-18-4-2-1-3-5-18/h1-14,28H,15H2,(H,27,29)/b26-14+. The van der Waals surface area contributed by atoms with Crippen LogP contribution in [-0.4, -0.2) is 18.7 Å². The minimum atomic E-state index is -4.37. The van der Waals surface area contributed by atoms with Crippen LogP contribution in [0.1, 0.15) is 11.1 Å². The summed E-state index contributed by atoms with van der Waals surface area (Å²) < 4.78 is 43.1. The molecule has 0 aliphatic carbocycles. The van der Waals surface area contributed by atoms with Gasteiger partial charge in [-0.05, 0) is 66.2 Å². The molecule has 5 nitrogen and oxygen atoms in total. The maximum absolute atomic E-state index is 12.5. The van der Waals surface area contributed by atoms with Crippen LogP contribution in [0.25, 0.3) is 0 Å². The molecule has 30 heavy (non-hydrogen) atoms. The number of rotatable bonds is 7. The number of carbonyl (C=O) groups excluding carboxylic acids is 1. The Balaban J connectivity index is 1.46. The van der Waals surface area contributed by atoms with E-state index in [1.165, 1.54) is 18.3 Å². The molecule has 0 heterocycles. The summed E-state index contributed by atoms with van der Waals surface area (Å²) in [6.07, 6.45) is -2.85. The van der Waals surface area contributed by atoms with Crippen LogP contribution in [-0.2, 0) is 11.0 Å². The molecule has 0 aromatic heterocycles. The highest BCUT2D eigenvalue weighted by atomic mass is 19.4. The Morgan fingerprint density at radius 3 is 2.20 bits per heavy atom. The van der Waals surface area contributed by atoms with Gasteiger partial charge >= 0.3 is 6.18 Å². The highest BCUT2D eigenvalue weighted by Gasteiger charge is 2.29. The van der Waals surface area contributed by atoms with E-state index >= 15 is 0 Å². The first-order chi connectivity index (χ1) is 14.4. The molecule has 0 fully saturated rings. The second-order valence-electron chi connectivity index (χ2n) is 6.22. The molecular weight excluding hydrogens is 395 g/mol. The Hall–Kier alpha value is -3.81. The minimum Gasteiger partial charge on any atom is -0.484 e. The number of anilines is 2. The third-order valence-electron chi connectivity index (χ3n) is 3.93. The summed E-state index contributed by atoms with van der Waals surface area (Å²) >= 11 is 0. The fraction of sp³-hybridized carbons (Fsp3) is 0.0909. The lowest BCUT2D eigenvalue weighted by Gasteiger charge is -2.08. The zero-order valence-corrected chi connectivity index (χ0v) is 15.7. The van der Waals surface area contributed by atoms with Crippen LogP contribution in [0.15, 0.2) is 84.0 Å². The van der Waals surface area contributed by atoms with Crippen molar-refractivity contribution in [1.29, 1.82) is 0 Å². The second-order valence-corrected chi connectivity index (χ2v) is 6.22. The number of carbonyl (C=O) groups is 1. The number of alkyl halides is 3. The maximum Gasteiger partial charge on any atom is 0.416 e. The van der Waals surface area contributed by atoms with Crippen molar-refractivity contribution in [1.82, 2.24) is 0 Å². The van der Waals surface area contributed by atoms with Crippen LogP contribution in [0.4, 0.5) is 24.5 Å². The predicted molar refractivity (Wildman–Crippen MR) is 110 cm³/mol. The molecule has 0 atom stereocenters. The first-order valence-electron chi connectivity index (χ1n) is 8.94. The lowest BCUT2D eigenvalue weighted by atomic mass is 10.2. The number of halogens is 3. The Morgan fingerprint density at radius 1 is 0.900 bits per heavy atom. The van der Waals surface area contributed by atoms with Crippen LogP contribution in [0.3, 0.4) is 0 Å². The van der Waals surface area contributed by atoms with Gasteiger partial charge in [-0.25, -0.2) is 0 Å². The van der Waals surface area contributed by atoms with Crippen LogP contribution in [0.2, 0.25) is 0 Å². The molecular formula is C22H18F3N3O2. The summed E-state index contributed by atoms with van der Waals surface area (Å²) in [5.41, 5.74) is 3.82. The number of amides is 1. The Kier molecular flexibility index (Phi) is 6.69. The van der Waals surface area contributed by atoms with Crippen molar-refractivity contribution in [3.63, 3.8) is 0 Å². The SMILES string of the molecule is O=C(COc1ccc(/C=N/Nc2ccc(C(F)(F)F)cc2)cc1)Nc1ccccc1. The van der Waals surface area contributed by atoms with Gasteiger partial charge < -0.3 is 10.1 Å². The second kappa shape index (κ2) is 9.60. The van der Waals surface area contributed by atoms with Gasteiger partial charge in [0.25, 0.3) is 5.91 Å². The average Bonchev–Trinajstić information content (AvgIpc) is 2.74. The van der Waals surface area contributed by atoms with E-state index in [0.717, 1.165) is 17.7 Å². The monoisotopic (exact) mass is 413 g/mol. The zero-order chi connectivity index (χ0) is 21.4. The number of ether oxygens (including phenoxy) is 1. The van der Waals surface area contributed by atoms with Gasteiger partial charge in [0, 0.05) is 5.69 Å². The number of hydrogen-bond acceptors (Lipinski definition) is 4. The van der Waals surface area contributed by atoms with Gasteiger partial charge in [0.1, 0.15) is 5.75 Å². The van der Waals surface area contributed by atoms with E-state index < -0.39 is 11.7 Å². The molecule has 0 unspecified atom stereocenters. The highest BCUT2D eigenvalue weighted by molar-refractivity contribution is 5.91. The summed E-state index contributed by atoms with van der Waals surface area (Å²) in [4.78, 5) is 11.9. The molecule has 0 saturated carbocycles. The van der Waals surface area contributed by atoms with Crippen molar-refractivity contribution in [2.45, 2.75) is 6.18 Å². The molecule has 0 spiro atoms. The summed E-state index contributed by atoms with van der Waals surface area (Å²) in [6.45, 7) is -0.127. The van der Waals surface area contributed by atoms with Crippen molar-refractivity contribution in [2.75, 3.05) is 17.3 Å². The molecule has 0 bridgehead atoms. The maximum atomic E-state index is 12.5. The molecule has 0 aliphatic rings. The van der Waals surface area contributed by atoms with Crippen molar-refractivity contribution in [3.05, 3.63) is 90.0 Å². The first kappa shape index (κ1) is 20.9. The minimum absolute atomic E-state index is 0.127. The van der Waals surface area contributed by atoms with Gasteiger partial charge in [-0.1, -0.05) is 18.2 Å². The fourth-order valence-electron chi connectivity index (χ4n) is 2.43. The summed E-state index contributed by atoms with van der Waals surface area (Å²) in [6, 6.07) is 20.5. The van der Waals surface area contributed by atoms with E-state index in [1.807, 2.05) is 18.2 Å². The molecule has 3 rings (SSSR count). The smallest absolute Gasteiger partial charge is 0.416 e. The molecule has 8 heteroatoms. The molecule has 0 saturated heterocycles. The molecule has 0 aliphatic heterocycles. The van der Waals surface area contributed by atoms with E-state index in [9.17, 15) is 18.0 Å². The lowest BCUT2D eigenvalue weighted by Crippen LogP contribution is -2.20. The zero-order valence-electron chi connectivity index (χ0n) is 15.7. The van der Waals surface area contributed by atoms with Crippen LogP contribution in [0, 0.1) is 0 Å². The topological polar surface area (TPSA) is 62.7 Å². The normalized spacial score (nSPS) is 11.3. The molecule has 2 N–H and O–H groups in total. The van der Waals surface area contributed by atoms with Crippen molar-refractivity contribution < 1.29 is 22.7 Å². The summed E-state index contributed by atoms with van der Waals surface area (Å²) in [5, 5.41) is 6.72. The number of para-hydroxylation sites is 1. The third kappa shape index (κ3) is 6.37.